The fourth-order valence-electron chi connectivity index (χ4n) is 2.59. The van der Waals surface area contributed by atoms with Gasteiger partial charge in [-0.2, -0.15) is 0 Å². The Balaban J connectivity index is 1.58. The minimum absolute atomic E-state index is 0.0714. The average molecular weight is 413 g/mol. The smallest absolute Gasteiger partial charge is 0.224 e. The third-order valence-corrected chi connectivity index (χ3v) is 4.82. The van der Waals surface area contributed by atoms with Gasteiger partial charge in [0.2, 0.25) is 5.91 Å². The summed E-state index contributed by atoms with van der Waals surface area (Å²) in [6.07, 6.45) is 2.49. The van der Waals surface area contributed by atoms with Crippen molar-refractivity contribution >= 4 is 27.5 Å². The molecule has 5 heteroatoms. The number of oxazole rings is 1. The molecule has 1 heterocycles. The van der Waals surface area contributed by atoms with E-state index in [0.29, 0.717) is 24.7 Å². The zero-order chi connectivity index (χ0) is 18.5. The van der Waals surface area contributed by atoms with Crippen LogP contribution in [0.4, 0.5) is 5.69 Å². The number of hydrogen-bond donors (Lipinski definition) is 1. The van der Waals surface area contributed by atoms with Gasteiger partial charge in [-0.1, -0.05) is 50.2 Å². The van der Waals surface area contributed by atoms with Crippen molar-refractivity contribution in [2.24, 2.45) is 0 Å². The lowest BCUT2D eigenvalue weighted by Crippen LogP contribution is -2.12. The molecule has 26 heavy (non-hydrogen) atoms. The van der Waals surface area contributed by atoms with Crippen LogP contribution in [0.5, 0.6) is 0 Å². The van der Waals surface area contributed by atoms with Crippen LogP contribution in [0.3, 0.4) is 0 Å². The molecule has 0 aliphatic carbocycles. The van der Waals surface area contributed by atoms with Crippen LogP contribution in [0.1, 0.15) is 37.6 Å². The van der Waals surface area contributed by atoms with Gasteiger partial charge in [-0.3, -0.25) is 4.79 Å². The molecule has 0 atom stereocenters. The molecule has 1 amide bonds. The highest BCUT2D eigenvalue weighted by Crippen LogP contribution is 2.24. The predicted molar refractivity (Wildman–Crippen MR) is 107 cm³/mol. The van der Waals surface area contributed by atoms with Gasteiger partial charge in [0, 0.05) is 22.9 Å². The Morgan fingerprint density at radius 2 is 1.88 bits per heavy atom. The van der Waals surface area contributed by atoms with E-state index in [2.05, 4.69) is 52.2 Å². The third kappa shape index (κ3) is 4.61. The Kier molecular flexibility index (Phi) is 5.89. The molecule has 0 saturated carbocycles. The van der Waals surface area contributed by atoms with E-state index >= 15 is 0 Å². The van der Waals surface area contributed by atoms with E-state index in [9.17, 15) is 4.79 Å². The standard InChI is InChI=1S/C21H21BrN2O2/c1-14(2)15-7-9-16(10-8-15)19-13-23-21(26-19)12-11-20(25)24-18-6-4-3-5-17(18)22/h3-10,13-14H,11-12H2,1-2H3,(H,24,25). The van der Waals surface area contributed by atoms with E-state index in [1.165, 1.54) is 5.56 Å². The number of carbonyl (C=O) groups excluding carboxylic acids is 1. The second-order valence-electron chi connectivity index (χ2n) is 6.42. The lowest BCUT2D eigenvalue weighted by molar-refractivity contribution is -0.116. The SMILES string of the molecule is CC(C)c1ccc(-c2cnc(CCC(=O)Nc3ccccc3Br)o2)cc1. The summed E-state index contributed by atoms with van der Waals surface area (Å²) in [5.74, 6) is 1.71. The lowest BCUT2D eigenvalue weighted by Gasteiger charge is -2.06. The van der Waals surface area contributed by atoms with Gasteiger partial charge < -0.3 is 9.73 Å². The molecule has 0 radical (unpaired) electrons. The Labute approximate surface area is 161 Å². The molecule has 3 aromatic rings. The topological polar surface area (TPSA) is 55.1 Å². The number of hydrogen-bond acceptors (Lipinski definition) is 3. The predicted octanol–water partition coefficient (Wildman–Crippen LogP) is 5.80. The van der Waals surface area contributed by atoms with E-state index in [1.54, 1.807) is 6.20 Å². The number of rotatable bonds is 6. The molecule has 0 bridgehead atoms. The summed E-state index contributed by atoms with van der Waals surface area (Å²) >= 11 is 3.42. The fourth-order valence-corrected chi connectivity index (χ4v) is 2.97. The van der Waals surface area contributed by atoms with Gasteiger partial charge in [-0.25, -0.2) is 4.98 Å². The third-order valence-electron chi connectivity index (χ3n) is 4.13. The molecule has 2 aromatic carbocycles. The van der Waals surface area contributed by atoms with Crippen molar-refractivity contribution in [3.8, 4) is 11.3 Å². The first-order valence-corrected chi connectivity index (χ1v) is 9.41. The van der Waals surface area contributed by atoms with Crippen LogP contribution >= 0.6 is 15.9 Å². The first kappa shape index (κ1) is 18.4. The van der Waals surface area contributed by atoms with Crippen molar-refractivity contribution in [2.75, 3.05) is 5.32 Å². The van der Waals surface area contributed by atoms with Crippen LogP contribution in [-0.4, -0.2) is 10.9 Å². The summed E-state index contributed by atoms with van der Waals surface area (Å²) in [4.78, 5) is 16.4. The Morgan fingerprint density at radius 3 is 2.58 bits per heavy atom. The molecule has 4 nitrogen and oxygen atoms in total. The van der Waals surface area contributed by atoms with E-state index in [-0.39, 0.29) is 5.91 Å². The number of halogens is 1. The summed E-state index contributed by atoms with van der Waals surface area (Å²) in [5, 5.41) is 2.88. The largest absolute Gasteiger partial charge is 0.441 e. The minimum atomic E-state index is -0.0714. The highest BCUT2D eigenvalue weighted by Gasteiger charge is 2.10. The van der Waals surface area contributed by atoms with E-state index in [1.807, 2.05) is 36.4 Å². The molecule has 0 aliphatic heterocycles. The lowest BCUT2D eigenvalue weighted by atomic mass is 10.0. The van der Waals surface area contributed by atoms with Crippen LogP contribution in [0.25, 0.3) is 11.3 Å². The molecular weight excluding hydrogens is 392 g/mol. The van der Waals surface area contributed by atoms with Crippen LogP contribution in [0.2, 0.25) is 0 Å². The van der Waals surface area contributed by atoms with Crippen molar-refractivity contribution in [3.63, 3.8) is 0 Å². The van der Waals surface area contributed by atoms with Crippen LogP contribution in [-0.2, 0) is 11.2 Å². The van der Waals surface area contributed by atoms with Gasteiger partial charge in [0.25, 0.3) is 0 Å². The molecule has 134 valence electrons. The van der Waals surface area contributed by atoms with Crippen molar-refractivity contribution in [3.05, 3.63) is 70.7 Å². The molecule has 3 rings (SSSR count). The first-order valence-electron chi connectivity index (χ1n) is 8.62. The number of nitrogens with zero attached hydrogens (tertiary/aromatic N) is 1. The summed E-state index contributed by atoms with van der Waals surface area (Å²) in [5.41, 5.74) is 3.04. The van der Waals surface area contributed by atoms with Crippen LogP contribution in [0, 0.1) is 0 Å². The van der Waals surface area contributed by atoms with Crippen molar-refractivity contribution in [2.45, 2.75) is 32.6 Å². The molecule has 0 aliphatic rings. The normalized spacial score (nSPS) is 10.9. The summed E-state index contributed by atoms with van der Waals surface area (Å²) < 4.78 is 6.65. The number of amides is 1. The van der Waals surface area contributed by atoms with E-state index < -0.39 is 0 Å². The zero-order valence-electron chi connectivity index (χ0n) is 14.8. The Morgan fingerprint density at radius 1 is 1.15 bits per heavy atom. The molecule has 0 unspecified atom stereocenters. The van der Waals surface area contributed by atoms with Gasteiger partial charge in [0.15, 0.2) is 11.7 Å². The van der Waals surface area contributed by atoms with Crippen molar-refractivity contribution in [1.82, 2.24) is 4.98 Å². The first-order chi connectivity index (χ1) is 12.5. The summed E-state index contributed by atoms with van der Waals surface area (Å²) in [6, 6.07) is 15.8. The van der Waals surface area contributed by atoms with E-state index in [4.69, 9.17) is 4.42 Å². The number of carbonyl (C=O) groups is 1. The second-order valence-corrected chi connectivity index (χ2v) is 7.28. The van der Waals surface area contributed by atoms with E-state index in [0.717, 1.165) is 21.5 Å². The molecule has 1 N–H and O–H groups in total. The zero-order valence-corrected chi connectivity index (χ0v) is 16.4. The average Bonchev–Trinajstić information content (AvgIpc) is 3.11. The molecular formula is C21H21BrN2O2. The molecule has 1 aromatic heterocycles. The number of benzene rings is 2. The van der Waals surface area contributed by atoms with Gasteiger partial charge in [0.1, 0.15) is 0 Å². The Hall–Kier alpha value is -2.40. The molecule has 0 saturated heterocycles. The maximum absolute atomic E-state index is 12.1. The highest BCUT2D eigenvalue weighted by molar-refractivity contribution is 9.10. The number of aryl methyl sites for hydroxylation is 1. The van der Waals surface area contributed by atoms with Crippen LogP contribution < -0.4 is 5.32 Å². The second kappa shape index (κ2) is 8.32. The van der Waals surface area contributed by atoms with Gasteiger partial charge in [-0.05, 0) is 39.5 Å². The van der Waals surface area contributed by atoms with Crippen molar-refractivity contribution < 1.29 is 9.21 Å². The quantitative estimate of drug-likeness (QED) is 0.556. The highest BCUT2D eigenvalue weighted by atomic mass is 79.9. The summed E-state index contributed by atoms with van der Waals surface area (Å²) in [6.45, 7) is 4.33. The summed E-state index contributed by atoms with van der Waals surface area (Å²) in [7, 11) is 0. The monoisotopic (exact) mass is 412 g/mol. The van der Waals surface area contributed by atoms with Gasteiger partial charge >= 0.3 is 0 Å². The minimum Gasteiger partial charge on any atom is -0.441 e. The van der Waals surface area contributed by atoms with Gasteiger partial charge in [-0.15, -0.1) is 0 Å². The maximum atomic E-state index is 12.1. The molecule has 0 spiro atoms. The van der Waals surface area contributed by atoms with Gasteiger partial charge in [0.05, 0.1) is 11.9 Å². The van der Waals surface area contributed by atoms with Crippen LogP contribution in [0.15, 0.2) is 63.6 Å². The maximum Gasteiger partial charge on any atom is 0.224 e. The number of aromatic nitrogens is 1. The number of anilines is 1. The fraction of sp³-hybridized carbons (Fsp3) is 0.238. The Bertz CT molecular complexity index is 885. The number of para-hydroxylation sites is 1. The number of nitrogens with one attached hydrogen (secondary N) is 1. The van der Waals surface area contributed by atoms with Crippen molar-refractivity contribution in [1.29, 1.82) is 0 Å². The molecule has 0 fully saturated rings.